The molecule has 0 aliphatic rings. The molecule has 0 aromatic carbocycles. The quantitative estimate of drug-likeness (QED) is 0.591. The maximum absolute atomic E-state index is 11.9. The van der Waals surface area contributed by atoms with E-state index in [1.54, 1.807) is 0 Å². The van der Waals surface area contributed by atoms with Crippen LogP contribution in [0.5, 0.6) is 0 Å². The fourth-order valence-electron chi connectivity index (χ4n) is 0.346. The summed E-state index contributed by atoms with van der Waals surface area (Å²) < 4.78 is 121. The van der Waals surface area contributed by atoms with E-state index >= 15 is 0 Å². The Balaban J connectivity index is 4.69. The van der Waals surface area contributed by atoms with Crippen molar-refractivity contribution >= 4 is 8.60 Å². The minimum absolute atomic E-state index is 2.22. The molecule has 0 spiro atoms. The predicted octanol–water partition coefficient (Wildman–Crippen LogP) is 2.65. The van der Waals surface area contributed by atoms with Crippen LogP contribution in [-0.2, 0) is 9.05 Å². The zero-order valence-electron chi connectivity index (χ0n) is 7.50. The highest BCUT2D eigenvalue weighted by atomic mass is 31.2. The largest absolute Gasteiger partial charge is 0.633 e. The fourth-order valence-corrected chi connectivity index (χ4v) is 1.04. The van der Waals surface area contributed by atoms with E-state index in [0.717, 1.165) is 0 Å². The van der Waals surface area contributed by atoms with Crippen molar-refractivity contribution in [2.75, 3.05) is 0 Å². The smallest absolute Gasteiger partial charge is 0.487 e. The van der Waals surface area contributed by atoms with Crippen LogP contribution in [0.4, 0.5) is 43.9 Å². The molecule has 0 unspecified atom stereocenters. The maximum atomic E-state index is 11.9. The Hall–Kier alpha value is -0.390. The van der Waals surface area contributed by atoms with E-state index in [2.05, 4.69) is 9.05 Å². The summed E-state index contributed by atoms with van der Waals surface area (Å²) in [5.74, 6) is 0. The van der Waals surface area contributed by atoms with Crippen molar-refractivity contribution in [1.29, 1.82) is 0 Å². The molecule has 0 heterocycles. The average molecular weight is 318 g/mol. The highest BCUT2D eigenvalue weighted by molar-refractivity contribution is 7.39. The first-order chi connectivity index (χ1) is 7.60. The first kappa shape index (κ1) is 17.6. The van der Waals surface area contributed by atoms with Crippen molar-refractivity contribution in [2.24, 2.45) is 0 Å². The second-order valence-corrected chi connectivity index (χ2v) is 3.39. The Morgan fingerprint density at radius 1 is 0.611 bits per heavy atom. The molecule has 110 valence electrons. The molecular formula is C4HF10O3P. The lowest BCUT2D eigenvalue weighted by Gasteiger charge is -2.23. The van der Waals surface area contributed by atoms with E-state index in [-0.39, 0.29) is 0 Å². The van der Waals surface area contributed by atoms with Gasteiger partial charge < -0.3 is 4.89 Å². The lowest BCUT2D eigenvalue weighted by Crippen LogP contribution is -2.42. The molecule has 18 heavy (non-hydrogen) atoms. The predicted molar refractivity (Wildman–Crippen MR) is 32.5 cm³/mol. The van der Waals surface area contributed by atoms with Gasteiger partial charge in [0.25, 0.3) is 0 Å². The summed E-state index contributed by atoms with van der Waals surface area (Å²) >= 11 is 0. The molecule has 0 rings (SSSR count). The molecule has 3 nitrogen and oxygen atoms in total. The lowest BCUT2D eigenvalue weighted by atomic mass is 10.6. The van der Waals surface area contributed by atoms with Crippen molar-refractivity contribution in [2.45, 2.75) is 24.6 Å². The first-order valence-electron chi connectivity index (χ1n) is 3.41. The third-order valence-corrected chi connectivity index (χ3v) is 1.93. The van der Waals surface area contributed by atoms with Crippen LogP contribution in [0, 0.1) is 0 Å². The van der Waals surface area contributed by atoms with Crippen LogP contribution >= 0.6 is 8.60 Å². The Labute approximate surface area is 92.3 Å². The molecule has 0 saturated heterocycles. The Morgan fingerprint density at radius 2 is 0.833 bits per heavy atom. The molecule has 0 amide bonds. The molecular weight excluding hydrogens is 317 g/mol. The summed E-state index contributed by atoms with van der Waals surface area (Å²) in [5, 5.41) is 0. The topological polar surface area (TPSA) is 41.5 Å². The van der Waals surface area contributed by atoms with Crippen molar-refractivity contribution in [3.8, 4) is 0 Å². The van der Waals surface area contributed by atoms with Crippen molar-refractivity contribution in [3.05, 3.63) is 0 Å². The van der Waals surface area contributed by atoms with Crippen LogP contribution in [0.1, 0.15) is 0 Å². The van der Waals surface area contributed by atoms with Crippen LogP contribution in [0.15, 0.2) is 0 Å². The van der Waals surface area contributed by atoms with Crippen LogP contribution in [0.3, 0.4) is 0 Å². The third-order valence-electron chi connectivity index (χ3n) is 1.08. The van der Waals surface area contributed by atoms with Crippen molar-refractivity contribution in [3.63, 3.8) is 0 Å². The first-order valence-corrected chi connectivity index (χ1v) is 4.64. The summed E-state index contributed by atoms with van der Waals surface area (Å²) in [5.41, 5.74) is 0. The van der Waals surface area contributed by atoms with E-state index < -0.39 is 33.2 Å². The number of hydrogen-bond donors (Lipinski definition) is 0. The van der Waals surface area contributed by atoms with Gasteiger partial charge in [-0.15, -0.1) is 9.05 Å². The van der Waals surface area contributed by atoms with Gasteiger partial charge in [-0.2, -0.15) is 43.9 Å². The normalized spacial score (nSPS) is 15.3. The fraction of sp³-hybridized carbons (Fsp3) is 1.00. The van der Waals surface area contributed by atoms with Gasteiger partial charge in [0.1, 0.15) is 0 Å². The van der Waals surface area contributed by atoms with Gasteiger partial charge in [0.2, 0.25) is 8.60 Å². The molecule has 0 aliphatic carbocycles. The molecule has 0 aromatic rings. The highest BCUT2D eigenvalue weighted by Crippen LogP contribution is 2.50. The van der Waals surface area contributed by atoms with E-state index in [1.807, 2.05) is 0 Å². The van der Waals surface area contributed by atoms with Crippen LogP contribution < -0.4 is 4.89 Å². The van der Waals surface area contributed by atoms with Gasteiger partial charge in [-0.3, -0.25) is 0 Å². The van der Waals surface area contributed by atoms with Crippen molar-refractivity contribution in [1.82, 2.24) is 0 Å². The summed E-state index contributed by atoms with van der Waals surface area (Å²) in [6.07, 6.45) is -25.3. The van der Waals surface area contributed by atoms with Gasteiger partial charge in [-0.1, -0.05) is 0 Å². The third kappa shape index (κ3) is 4.37. The molecule has 0 fully saturated rings. The second kappa shape index (κ2) is 4.94. The van der Waals surface area contributed by atoms with Gasteiger partial charge in [0.15, 0.2) is 0 Å². The summed E-state index contributed by atoms with van der Waals surface area (Å²) in [6.45, 7) is 0. The van der Waals surface area contributed by atoms with Gasteiger partial charge in [-0.05, 0) is 0 Å². The molecule has 0 aliphatic heterocycles. The standard InChI is InChI=1S/C4HF10O3P/c5-1(6,7)3(11,12)16-18(15)17-4(13,14)2(8,9)10/h18H. The van der Waals surface area contributed by atoms with Gasteiger partial charge >= 0.3 is 24.6 Å². The number of halogens is 10. The molecule has 0 radical (unpaired) electrons. The summed E-state index contributed by atoms with van der Waals surface area (Å²) in [6, 6.07) is 0. The van der Waals surface area contributed by atoms with Gasteiger partial charge in [-0.25, -0.2) is 0 Å². The van der Waals surface area contributed by atoms with E-state index in [0.29, 0.717) is 0 Å². The van der Waals surface area contributed by atoms with E-state index in [9.17, 15) is 48.8 Å². The SMILES string of the molecule is [O-][PH+](OC(F)(F)C(F)(F)F)OC(F)(F)C(F)(F)F. The summed E-state index contributed by atoms with van der Waals surface area (Å²) in [4.78, 5) is 10.1. The molecule has 0 aromatic heterocycles. The molecule has 0 bridgehead atoms. The number of rotatable bonds is 4. The van der Waals surface area contributed by atoms with E-state index in [4.69, 9.17) is 0 Å². The van der Waals surface area contributed by atoms with Crippen LogP contribution in [0.2, 0.25) is 0 Å². The van der Waals surface area contributed by atoms with Gasteiger partial charge in [0.05, 0.1) is 0 Å². The molecule has 0 saturated carbocycles. The minimum Gasteiger partial charge on any atom is -0.633 e. The molecule has 0 N–H and O–H groups in total. The zero-order chi connectivity index (χ0) is 15.0. The Kier molecular flexibility index (Phi) is 4.84. The highest BCUT2D eigenvalue weighted by Gasteiger charge is 2.66. The number of hydrogen-bond acceptors (Lipinski definition) is 3. The number of alkyl halides is 10. The maximum Gasteiger partial charge on any atom is 0.487 e. The Bertz CT molecular complexity index is 256. The summed E-state index contributed by atoms with van der Waals surface area (Å²) in [7, 11) is -5.46. The monoisotopic (exact) mass is 318 g/mol. The van der Waals surface area contributed by atoms with E-state index in [1.165, 1.54) is 0 Å². The van der Waals surface area contributed by atoms with Gasteiger partial charge in [0, 0.05) is 0 Å². The second-order valence-electron chi connectivity index (χ2n) is 2.48. The molecule has 0 atom stereocenters. The van der Waals surface area contributed by atoms with Crippen LogP contribution in [-0.4, -0.2) is 24.6 Å². The lowest BCUT2D eigenvalue weighted by molar-refractivity contribution is -0.400. The average Bonchev–Trinajstić information content (AvgIpc) is 1.95. The molecule has 14 heteroatoms. The minimum atomic E-state index is -6.45. The Morgan fingerprint density at radius 3 is 1.00 bits per heavy atom. The zero-order valence-corrected chi connectivity index (χ0v) is 8.50. The van der Waals surface area contributed by atoms with Crippen LogP contribution in [0.25, 0.3) is 0 Å². The van der Waals surface area contributed by atoms with Crippen molar-refractivity contribution < 1.29 is 57.8 Å².